The number of benzene rings is 1. The molecule has 108 valence electrons. The molecule has 0 N–H and O–H groups in total. The third-order valence-electron chi connectivity index (χ3n) is 2.66. The van der Waals surface area contributed by atoms with E-state index in [-0.39, 0.29) is 10.0 Å². The van der Waals surface area contributed by atoms with Gasteiger partial charge in [-0.3, -0.25) is 0 Å². The van der Waals surface area contributed by atoms with Gasteiger partial charge in [-0.25, -0.2) is 4.39 Å². The summed E-state index contributed by atoms with van der Waals surface area (Å²) < 4.78 is 78.0. The predicted octanol–water partition coefficient (Wildman–Crippen LogP) is 5.77. The maximum atomic E-state index is 14.3. The van der Waals surface area contributed by atoms with Crippen LogP contribution in [0.15, 0.2) is 18.2 Å². The molecule has 0 aromatic heterocycles. The van der Waals surface area contributed by atoms with E-state index in [1.54, 1.807) is 0 Å². The van der Waals surface area contributed by atoms with E-state index >= 15 is 0 Å². The first-order chi connectivity index (χ1) is 8.45. The Morgan fingerprint density at radius 1 is 0.895 bits per heavy atom. The van der Waals surface area contributed by atoms with E-state index in [1.165, 1.54) is 0 Å². The Balaban J connectivity index is 3.47. The van der Waals surface area contributed by atoms with Crippen LogP contribution in [0.5, 0.6) is 0 Å². The molecule has 0 aliphatic rings. The lowest BCUT2D eigenvalue weighted by molar-refractivity contribution is -0.331. The van der Waals surface area contributed by atoms with Crippen molar-refractivity contribution < 1.29 is 26.3 Å². The molecule has 0 nitrogen and oxygen atoms in total. The Bertz CT molecular complexity index is 450. The molecule has 8 heteroatoms. The molecule has 1 rings (SSSR count). The molecule has 0 aliphatic carbocycles. The van der Waals surface area contributed by atoms with Crippen molar-refractivity contribution in [2.24, 2.45) is 0 Å². The van der Waals surface area contributed by atoms with Gasteiger partial charge in [0.25, 0.3) is 0 Å². The zero-order valence-electron chi connectivity index (χ0n) is 9.46. The van der Waals surface area contributed by atoms with Gasteiger partial charge in [0, 0.05) is 10.0 Å². The first-order valence-electron chi connectivity index (χ1n) is 5.05. The van der Waals surface area contributed by atoms with Gasteiger partial charge in [0.1, 0.15) is 0 Å². The third kappa shape index (κ3) is 2.79. The van der Waals surface area contributed by atoms with Crippen molar-refractivity contribution in [3.05, 3.63) is 33.8 Å². The molecule has 0 saturated heterocycles. The molecule has 0 saturated carbocycles. The Morgan fingerprint density at radius 2 is 1.32 bits per heavy atom. The maximum Gasteiger partial charge on any atom is 0.457 e. The molecule has 0 heterocycles. The maximum absolute atomic E-state index is 14.3. The lowest BCUT2D eigenvalue weighted by Crippen LogP contribution is -2.52. The molecule has 0 radical (unpaired) electrons. The summed E-state index contributed by atoms with van der Waals surface area (Å²) >= 11 is 11.0. The lowest BCUT2D eigenvalue weighted by Gasteiger charge is -2.34. The van der Waals surface area contributed by atoms with Crippen molar-refractivity contribution in [2.75, 3.05) is 0 Å². The molecular weight excluding hydrogens is 317 g/mol. The Labute approximate surface area is 115 Å². The number of rotatable bonds is 3. The highest BCUT2D eigenvalue weighted by Crippen LogP contribution is 2.53. The largest absolute Gasteiger partial charge is 0.457 e. The first-order valence-corrected chi connectivity index (χ1v) is 5.81. The normalized spacial score (nSPS) is 16.3. The van der Waals surface area contributed by atoms with Gasteiger partial charge < -0.3 is 0 Å². The van der Waals surface area contributed by atoms with Crippen LogP contribution in [0.1, 0.15) is 18.9 Å². The highest BCUT2D eigenvalue weighted by molar-refractivity contribution is 6.34. The number of halogens is 8. The van der Waals surface area contributed by atoms with E-state index in [2.05, 4.69) is 0 Å². The fourth-order valence-corrected chi connectivity index (χ4v) is 2.14. The predicted molar refractivity (Wildman–Crippen MR) is 60.5 cm³/mol. The molecule has 0 fully saturated rings. The van der Waals surface area contributed by atoms with E-state index in [0.717, 1.165) is 13.0 Å². The van der Waals surface area contributed by atoms with Crippen molar-refractivity contribution in [1.29, 1.82) is 0 Å². The molecular formula is C11H8Cl2F6. The minimum atomic E-state index is -6.02. The fourth-order valence-electron chi connectivity index (χ4n) is 1.61. The summed E-state index contributed by atoms with van der Waals surface area (Å²) in [6.07, 6.45) is -7.11. The summed E-state index contributed by atoms with van der Waals surface area (Å²) in [5.74, 6) is -5.55. The molecule has 1 atom stereocenters. The second kappa shape index (κ2) is 5.05. The average molecular weight is 325 g/mol. The second-order valence-electron chi connectivity index (χ2n) is 3.88. The van der Waals surface area contributed by atoms with Crippen LogP contribution in [0.3, 0.4) is 0 Å². The molecule has 1 unspecified atom stereocenters. The van der Waals surface area contributed by atoms with Crippen LogP contribution >= 0.6 is 23.2 Å². The summed E-state index contributed by atoms with van der Waals surface area (Å²) in [6.45, 7) is 0.883. The third-order valence-corrected chi connectivity index (χ3v) is 3.10. The Kier molecular flexibility index (Phi) is 4.37. The van der Waals surface area contributed by atoms with E-state index in [0.29, 0.717) is 12.1 Å². The summed E-state index contributed by atoms with van der Waals surface area (Å²) in [6, 6.07) is 2.52. The van der Waals surface area contributed by atoms with Gasteiger partial charge in [0.05, 0.1) is 0 Å². The van der Waals surface area contributed by atoms with E-state index in [9.17, 15) is 26.3 Å². The van der Waals surface area contributed by atoms with Crippen LogP contribution < -0.4 is 0 Å². The summed E-state index contributed by atoms with van der Waals surface area (Å²) in [5, 5.41) is -0.452. The van der Waals surface area contributed by atoms with Crippen molar-refractivity contribution >= 4 is 23.2 Å². The molecule has 0 bridgehead atoms. The molecule has 0 amide bonds. The van der Waals surface area contributed by atoms with E-state index in [4.69, 9.17) is 23.2 Å². The lowest BCUT2D eigenvalue weighted by atomic mass is 9.86. The van der Waals surface area contributed by atoms with Gasteiger partial charge in [-0.15, -0.1) is 0 Å². The van der Waals surface area contributed by atoms with Gasteiger partial charge >= 0.3 is 12.1 Å². The van der Waals surface area contributed by atoms with Crippen LogP contribution in [0.4, 0.5) is 26.3 Å². The fraction of sp³-hybridized carbons (Fsp3) is 0.455. The van der Waals surface area contributed by atoms with Crippen LogP contribution in [-0.2, 0) is 5.67 Å². The van der Waals surface area contributed by atoms with Crippen LogP contribution in [0.2, 0.25) is 10.0 Å². The quantitative estimate of drug-likeness (QED) is 0.619. The number of hydrogen-bond acceptors (Lipinski definition) is 0. The van der Waals surface area contributed by atoms with Gasteiger partial charge in [-0.1, -0.05) is 30.1 Å². The standard InChI is InChI=1S/C11H8Cl2F6/c1-2-9(14,10(15,16)11(17,18)19)6-3-7(12)5-8(13)4-6/h3-5H,2H2,1H3. The average Bonchev–Trinajstić information content (AvgIpc) is 2.24. The minimum absolute atomic E-state index is 0.226. The van der Waals surface area contributed by atoms with Crippen molar-refractivity contribution in [3.63, 3.8) is 0 Å². The highest BCUT2D eigenvalue weighted by atomic mass is 35.5. The smallest absolute Gasteiger partial charge is 0.232 e. The zero-order valence-corrected chi connectivity index (χ0v) is 11.0. The minimum Gasteiger partial charge on any atom is -0.232 e. The Hall–Kier alpha value is -0.620. The van der Waals surface area contributed by atoms with Crippen LogP contribution in [0, 0.1) is 0 Å². The number of hydrogen-bond donors (Lipinski definition) is 0. The van der Waals surface area contributed by atoms with Gasteiger partial charge in [0.2, 0.25) is 5.67 Å². The van der Waals surface area contributed by atoms with Gasteiger partial charge in [0.15, 0.2) is 0 Å². The molecule has 1 aromatic rings. The van der Waals surface area contributed by atoms with E-state index in [1.807, 2.05) is 0 Å². The number of alkyl halides is 6. The summed E-state index contributed by atoms with van der Waals surface area (Å²) in [4.78, 5) is 0. The second-order valence-corrected chi connectivity index (χ2v) is 4.76. The van der Waals surface area contributed by atoms with Crippen molar-refractivity contribution in [2.45, 2.75) is 31.1 Å². The summed E-state index contributed by atoms with van der Waals surface area (Å²) in [5.41, 5.74) is -4.84. The Morgan fingerprint density at radius 3 is 1.63 bits per heavy atom. The van der Waals surface area contributed by atoms with Gasteiger partial charge in [-0.05, 0) is 30.2 Å². The van der Waals surface area contributed by atoms with Crippen molar-refractivity contribution in [3.8, 4) is 0 Å². The molecule has 1 aromatic carbocycles. The van der Waals surface area contributed by atoms with Crippen LogP contribution in [0.25, 0.3) is 0 Å². The molecule has 0 spiro atoms. The SMILES string of the molecule is CCC(F)(c1cc(Cl)cc(Cl)c1)C(F)(F)C(F)(F)F. The van der Waals surface area contributed by atoms with E-state index < -0.39 is 29.8 Å². The molecule has 19 heavy (non-hydrogen) atoms. The van der Waals surface area contributed by atoms with Gasteiger partial charge in [-0.2, -0.15) is 22.0 Å². The topological polar surface area (TPSA) is 0 Å². The molecule has 0 aliphatic heterocycles. The van der Waals surface area contributed by atoms with Crippen LogP contribution in [-0.4, -0.2) is 12.1 Å². The summed E-state index contributed by atoms with van der Waals surface area (Å²) in [7, 11) is 0. The first kappa shape index (κ1) is 16.4. The van der Waals surface area contributed by atoms with Crippen molar-refractivity contribution in [1.82, 2.24) is 0 Å². The zero-order chi connectivity index (χ0) is 15.1. The highest BCUT2D eigenvalue weighted by Gasteiger charge is 2.71. The monoisotopic (exact) mass is 324 g/mol.